The molecule has 106 valence electrons. The van der Waals surface area contributed by atoms with Crippen molar-refractivity contribution >= 4 is 27.5 Å². The van der Waals surface area contributed by atoms with Gasteiger partial charge in [0.25, 0.3) is 0 Å². The molecule has 0 saturated carbocycles. The van der Waals surface area contributed by atoms with Crippen molar-refractivity contribution in [2.45, 2.75) is 51.3 Å². The molecule has 0 radical (unpaired) electrons. The van der Waals surface area contributed by atoms with E-state index in [9.17, 15) is 4.79 Å². The topological polar surface area (TPSA) is 29.1 Å². The van der Waals surface area contributed by atoms with E-state index in [1.54, 1.807) is 0 Å². The normalized spacial score (nSPS) is 12.5. The number of alkyl halides is 1. The maximum Gasteiger partial charge on any atom is 0.227 e. The number of anilines is 1. The Kier molecular flexibility index (Phi) is 7.14. The number of hydrogen-bond donors (Lipinski definition) is 1. The van der Waals surface area contributed by atoms with Crippen molar-refractivity contribution in [3.05, 3.63) is 29.8 Å². The predicted molar refractivity (Wildman–Crippen MR) is 85.7 cm³/mol. The van der Waals surface area contributed by atoms with Gasteiger partial charge < -0.3 is 5.32 Å². The number of carbonyl (C=O) groups is 1. The Morgan fingerprint density at radius 2 is 1.79 bits per heavy atom. The fourth-order valence-corrected chi connectivity index (χ4v) is 2.70. The fourth-order valence-electron chi connectivity index (χ4n) is 2.30. The molecule has 0 aromatic heterocycles. The lowest BCUT2D eigenvalue weighted by Crippen LogP contribution is -2.23. The van der Waals surface area contributed by atoms with Crippen LogP contribution in [-0.2, 0) is 4.79 Å². The first-order valence-electron chi connectivity index (χ1n) is 7.14. The molecule has 0 aliphatic heterocycles. The fraction of sp³-hybridized carbons (Fsp3) is 0.562. The second-order valence-electron chi connectivity index (χ2n) is 4.97. The number of para-hydroxylation sites is 1. The summed E-state index contributed by atoms with van der Waals surface area (Å²) < 4.78 is 0. The molecular weight excluding hydrogens is 302 g/mol. The highest BCUT2D eigenvalue weighted by molar-refractivity contribution is 9.09. The molecule has 1 amide bonds. The highest BCUT2D eigenvalue weighted by Gasteiger charge is 2.18. The van der Waals surface area contributed by atoms with E-state index in [0.29, 0.717) is 0 Å². The maximum atomic E-state index is 12.3. The zero-order chi connectivity index (χ0) is 14.3. The smallest absolute Gasteiger partial charge is 0.227 e. The third kappa shape index (κ3) is 4.98. The van der Waals surface area contributed by atoms with Gasteiger partial charge in [-0.25, -0.2) is 0 Å². The Balaban J connectivity index is 2.80. The molecule has 2 nitrogen and oxygen atoms in total. The molecule has 0 saturated heterocycles. The summed E-state index contributed by atoms with van der Waals surface area (Å²) in [5.74, 6) is 0.290. The van der Waals surface area contributed by atoms with Gasteiger partial charge in [-0.1, -0.05) is 60.8 Å². The highest BCUT2D eigenvalue weighted by atomic mass is 79.9. The number of rotatable bonds is 7. The maximum absolute atomic E-state index is 12.3. The van der Waals surface area contributed by atoms with Crippen LogP contribution in [0.15, 0.2) is 24.3 Å². The summed E-state index contributed by atoms with van der Waals surface area (Å²) in [5.41, 5.74) is 2.05. The van der Waals surface area contributed by atoms with E-state index in [0.717, 1.165) is 36.9 Å². The molecule has 0 aliphatic rings. The van der Waals surface area contributed by atoms with Crippen molar-refractivity contribution < 1.29 is 4.79 Å². The second kappa shape index (κ2) is 8.36. The molecule has 3 heteroatoms. The Labute approximate surface area is 125 Å². The lowest BCUT2D eigenvalue weighted by Gasteiger charge is -2.18. The van der Waals surface area contributed by atoms with E-state index in [4.69, 9.17) is 0 Å². The number of amides is 1. The summed E-state index contributed by atoms with van der Waals surface area (Å²) >= 11 is 3.57. The van der Waals surface area contributed by atoms with Gasteiger partial charge >= 0.3 is 0 Å². The van der Waals surface area contributed by atoms with E-state index < -0.39 is 0 Å². The summed E-state index contributed by atoms with van der Waals surface area (Å²) in [4.78, 5) is 12.6. The van der Waals surface area contributed by atoms with Crippen LogP contribution in [0.3, 0.4) is 0 Å². The first kappa shape index (κ1) is 16.2. The van der Waals surface area contributed by atoms with Gasteiger partial charge in [0.15, 0.2) is 0 Å². The molecule has 0 aliphatic carbocycles. The Bertz CT molecular complexity index is 397. The molecule has 19 heavy (non-hydrogen) atoms. The van der Waals surface area contributed by atoms with Crippen molar-refractivity contribution in [3.63, 3.8) is 0 Å². The zero-order valence-electron chi connectivity index (χ0n) is 12.1. The van der Waals surface area contributed by atoms with Gasteiger partial charge in [0.1, 0.15) is 0 Å². The zero-order valence-corrected chi connectivity index (χ0v) is 13.7. The van der Waals surface area contributed by atoms with Crippen molar-refractivity contribution in [2.24, 2.45) is 5.92 Å². The number of halogens is 1. The van der Waals surface area contributed by atoms with E-state index >= 15 is 0 Å². The van der Waals surface area contributed by atoms with Crippen LogP contribution in [0, 0.1) is 5.92 Å². The van der Waals surface area contributed by atoms with Gasteiger partial charge in [-0.05, 0) is 31.4 Å². The minimum Gasteiger partial charge on any atom is -0.326 e. The number of hydrogen-bond acceptors (Lipinski definition) is 1. The Morgan fingerprint density at radius 3 is 2.32 bits per heavy atom. The lowest BCUT2D eigenvalue weighted by atomic mass is 9.97. The number of carbonyl (C=O) groups excluding carboxylic acids is 1. The molecule has 1 N–H and O–H groups in total. The SMILES string of the molecule is CCCC(CCC)C(=O)Nc1ccccc1C(C)Br. The highest BCUT2D eigenvalue weighted by Crippen LogP contribution is 2.29. The van der Waals surface area contributed by atoms with Gasteiger partial charge in [0, 0.05) is 16.4 Å². The van der Waals surface area contributed by atoms with E-state index in [1.807, 2.05) is 24.3 Å². The van der Waals surface area contributed by atoms with Crippen molar-refractivity contribution in [2.75, 3.05) is 5.32 Å². The van der Waals surface area contributed by atoms with Crippen molar-refractivity contribution in [1.82, 2.24) is 0 Å². The molecule has 0 bridgehead atoms. The number of benzene rings is 1. The first-order valence-corrected chi connectivity index (χ1v) is 8.05. The molecule has 1 rings (SSSR count). The molecule has 0 fully saturated rings. The molecule has 1 atom stereocenters. The van der Waals surface area contributed by atoms with Crippen LogP contribution in [-0.4, -0.2) is 5.91 Å². The van der Waals surface area contributed by atoms with E-state index in [1.165, 1.54) is 0 Å². The van der Waals surface area contributed by atoms with Gasteiger partial charge in [0.05, 0.1) is 0 Å². The van der Waals surface area contributed by atoms with Crippen LogP contribution in [0.25, 0.3) is 0 Å². The monoisotopic (exact) mass is 325 g/mol. The summed E-state index contributed by atoms with van der Waals surface area (Å²) in [6, 6.07) is 7.98. The summed E-state index contributed by atoms with van der Waals surface area (Å²) in [5, 5.41) is 3.09. The molecule has 1 unspecified atom stereocenters. The first-order chi connectivity index (χ1) is 9.10. The van der Waals surface area contributed by atoms with Gasteiger partial charge in [-0.3, -0.25) is 4.79 Å². The van der Waals surface area contributed by atoms with Crippen LogP contribution in [0.1, 0.15) is 56.8 Å². The molecular formula is C16H24BrNO. The third-order valence-electron chi connectivity index (χ3n) is 3.29. The quantitative estimate of drug-likeness (QED) is 0.677. The summed E-state index contributed by atoms with van der Waals surface area (Å²) in [7, 11) is 0. The van der Waals surface area contributed by atoms with Crippen molar-refractivity contribution in [3.8, 4) is 0 Å². The molecule has 0 heterocycles. The van der Waals surface area contributed by atoms with Gasteiger partial charge in [-0.15, -0.1) is 0 Å². The van der Waals surface area contributed by atoms with Gasteiger partial charge in [0.2, 0.25) is 5.91 Å². The Hall–Kier alpha value is -0.830. The van der Waals surface area contributed by atoms with Crippen LogP contribution >= 0.6 is 15.9 Å². The molecule has 0 spiro atoms. The van der Waals surface area contributed by atoms with Crippen LogP contribution < -0.4 is 5.32 Å². The Morgan fingerprint density at radius 1 is 1.21 bits per heavy atom. The van der Waals surface area contributed by atoms with E-state index in [-0.39, 0.29) is 16.7 Å². The predicted octanol–water partition coefficient (Wildman–Crippen LogP) is 5.30. The minimum absolute atomic E-state index is 0.133. The second-order valence-corrected chi connectivity index (χ2v) is 6.34. The van der Waals surface area contributed by atoms with Crippen LogP contribution in [0.4, 0.5) is 5.69 Å². The van der Waals surface area contributed by atoms with Crippen molar-refractivity contribution in [1.29, 1.82) is 0 Å². The average molecular weight is 326 g/mol. The van der Waals surface area contributed by atoms with Crippen LogP contribution in [0.5, 0.6) is 0 Å². The number of nitrogens with one attached hydrogen (secondary N) is 1. The lowest BCUT2D eigenvalue weighted by molar-refractivity contribution is -0.120. The van der Waals surface area contributed by atoms with Gasteiger partial charge in [-0.2, -0.15) is 0 Å². The van der Waals surface area contributed by atoms with E-state index in [2.05, 4.69) is 42.0 Å². The average Bonchev–Trinajstić information content (AvgIpc) is 2.38. The summed E-state index contributed by atoms with van der Waals surface area (Å²) in [6.07, 6.45) is 4.03. The molecule has 1 aromatic carbocycles. The standard InChI is InChI=1S/C16H24BrNO/c1-4-8-13(9-5-2)16(19)18-15-11-7-6-10-14(15)12(3)17/h6-7,10-13H,4-5,8-9H2,1-3H3,(H,18,19). The third-order valence-corrected chi connectivity index (χ3v) is 3.79. The minimum atomic E-state index is 0.133. The largest absolute Gasteiger partial charge is 0.326 e. The van der Waals surface area contributed by atoms with Crippen LogP contribution in [0.2, 0.25) is 0 Å². The summed E-state index contributed by atoms with van der Waals surface area (Å²) in [6.45, 7) is 6.33. The molecule has 1 aromatic rings.